The maximum absolute atomic E-state index is 11.2. The number of nitrogen functional groups attached to an aromatic ring is 1. The van der Waals surface area contributed by atoms with E-state index < -0.39 is 5.56 Å². The van der Waals surface area contributed by atoms with Crippen molar-refractivity contribution in [3.8, 4) is 5.88 Å². The van der Waals surface area contributed by atoms with Crippen LogP contribution in [0.2, 0.25) is 0 Å². The van der Waals surface area contributed by atoms with Gasteiger partial charge in [0.25, 0.3) is 5.56 Å². The van der Waals surface area contributed by atoms with Crippen LogP contribution in [0, 0.1) is 0 Å². The molecule has 0 aromatic carbocycles. The highest BCUT2D eigenvalue weighted by molar-refractivity contribution is 5.28. The van der Waals surface area contributed by atoms with Gasteiger partial charge in [-0.1, -0.05) is 0 Å². The predicted molar refractivity (Wildman–Crippen MR) is 46.5 cm³/mol. The number of aromatic hydroxyl groups is 1. The Kier molecular flexibility index (Phi) is 2.86. The number of aromatic amines is 1. The summed E-state index contributed by atoms with van der Waals surface area (Å²) in [5.74, 6) is -0.429. The molecule has 0 aliphatic heterocycles. The largest absolute Gasteiger partial charge is 0.493 e. The summed E-state index contributed by atoms with van der Waals surface area (Å²) in [6.07, 6.45) is 0.310. The van der Waals surface area contributed by atoms with Gasteiger partial charge in [0.1, 0.15) is 0 Å². The number of methoxy groups -OCH3 is 1. The Balaban J connectivity index is 2.99. The van der Waals surface area contributed by atoms with E-state index in [4.69, 9.17) is 10.5 Å². The first-order valence-electron chi connectivity index (χ1n) is 3.71. The van der Waals surface area contributed by atoms with Crippen molar-refractivity contribution in [2.45, 2.75) is 6.42 Å². The molecule has 6 heteroatoms. The molecule has 0 fully saturated rings. The number of aromatic nitrogens is 2. The molecule has 0 amide bonds. The zero-order chi connectivity index (χ0) is 9.84. The van der Waals surface area contributed by atoms with E-state index in [1.807, 2.05) is 0 Å². The first-order valence-corrected chi connectivity index (χ1v) is 3.71. The summed E-state index contributed by atoms with van der Waals surface area (Å²) in [5, 5.41) is 9.23. The van der Waals surface area contributed by atoms with Gasteiger partial charge in [0.15, 0.2) is 0 Å². The molecule has 13 heavy (non-hydrogen) atoms. The summed E-state index contributed by atoms with van der Waals surface area (Å²) >= 11 is 0. The molecule has 6 nitrogen and oxygen atoms in total. The molecule has 4 N–H and O–H groups in total. The molecule has 0 spiro atoms. The third kappa shape index (κ3) is 2.19. The second-order valence-electron chi connectivity index (χ2n) is 2.50. The third-order valence-electron chi connectivity index (χ3n) is 1.57. The molecular weight excluding hydrogens is 174 g/mol. The molecule has 0 radical (unpaired) electrons. The number of hydrogen-bond donors (Lipinski definition) is 3. The first-order chi connectivity index (χ1) is 6.15. The van der Waals surface area contributed by atoms with Crippen LogP contribution in [0.25, 0.3) is 0 Å². The van der Waals surface area contributed by atoms with Gasteiger partial charge < -0.3 is 15.6 Å². The third-order valence-corrected chi connectivity index (χ3v) is 1.57. The van der Waals surface area contributed by atoms with Gasteiger partial charge in [-0.2, -0.15) is 4.98 Å². The molecule has 0 saturated carbocycles. The van der Waals surface area contributed by atoms with Crippen LogP contribution in [0.4, 0.5) is 5.95 Å². The summed E-state index contributed by atoms with van der Waals surface area (Å²) in [4.78, 5) is 17.0. The fourth-order valence-corrected chi connectivity index (χ4v) is 0.932. The summed E-state index contributed by atoms with van der Waals surface area (Å²) in [5.41, 5.74) is 4.96. The Morgan fingerprint density at radius 2 is 2.38 bits per heavy atom. The molecular formula is C7H11N3O3. The SMILES string of the molecule is COCCc1c(O)nc(N)[nH]c1=O. The van der Waals surface area contributed by atoms with Gasteiger partial charge in [0.2, 0.25) is 11.8 Å². The monoisotopic (exact) mass is 185 g/mol. The Labute approximate surface area is 74.4 Å². The van der Waals surface area contributed by atoms with E-state index in [1.54, 1.807) is 0 Å². The van der Waals surface area contributed by atoms with Gasteiger partial charge in [-0.05, 0) is 0 Å². The number of nitrogens with two attached hydrogens (primary N) is 1. The Bertz CT molecular complexity index is 347. The van der Waals surface area contributed by atoms with E-state index in [1.165, 1.54) is 7.11 Å². The first kappa shape index (κ1) is 9.53. The van der Waals surface area contributed by atoms with Crippen LogP contribution >= 0.6 is 0 Å². The standard InChI is InChI=1S/C7H11N3O3/c1-13-3-2-4-5(11)9-7(8)10-6(4)12/h2-3H2,1H3,(H4,8,9,10,11,12). The normalized spacial score (nSPS) is 10.2. The van der Waals surface area contributed by atoms with E-state index in [9.17, 15) is 9.90 Å². The van der Waals surface area contributed by atoms with E-state index in [0.717, 1.165) is 0 Å². The molecule has 0 bridgehead atoms. The fraction of sp³-hybridized carbons (Fsp3) is 0.429. The minimum Gasteiger partial charge on any atom is -0.493 e. The second kappa shape index (κ2) is 3.90. The van der Waals surface area contributed by atoms with Gasteiger partial charge in [0, 0.05) is 13.5 Å². The fourth-order valence-electron chi connectivity index (χ4n) is 0.932. The van der Waals surface area contributed by atoms with E-state index >= 15 is 0 Å². The molecule has 1 aromatic heterocycles. The van der Waals surface area contributed by atoms with Crippen LogP contribution in [0.3, 0.4) is 0 Å². The van der Waals surface area contributed by atoms with Gasteiger partial charge in [0.05, 0.1) is 12.2 Å². The average Bonchev–Trinajstić information content (AvgIpc) is 2.02. The molecule has 72 valence electrons. The summed E-state index contributed by atoms with van der Waals surface area (Å²) in [6.45, 7) is 0.349. The van der Waals surface area contributed by atoms with Gasteiger partial charge in [-0.3, -0.25) is 9.78 Å². The van der Waals surface area contributed by atoms with Crippen molar-refractivity contribution in [3.63, 3.8) is 0 Å². The molecule has 0 saturated heterocycles. The molecule has 1 rings (SSSR count). The number of nitrogens with zero attached hydrogens (tertiary/aromatic N) is 1. The molecule has 0 aliphatic carbocycles. The Hall–Kier alpha value is -1.56. The zero-order valence-corrected chi connectivity index (χ0v) is 7.20. The quantitative estimate of drug-likeness (QED) is 0.575. The van der Waals surface area contributed by atoms with Crippen molar-refractivity contribution in [3.05, 3.63) is 15.9 Å². The maximum atomic E-state index is 11.2. The molecule has 0 aliphatic rings. The maximum Gasteiger partial charge on any atom is 0.259 e. The van der Waals surface area contributed by atoms with Crippen LogP contribution in [-0.4, -0.2) is 28.8 Å². The van der Waals surface area contributed by atoms with Crippen LogP contribution in [0.15, 0.2) is 4.79 Å². The van der Waals surface area contributed by atoms with Crippen molar-refractivity contribution in [1.82, 2.24) is 9.97 Å². The number of hydrogen-bond acceptors (Lipinski definition) is 5. The number of nitrogens with one attached hydrogen (secondary N) is 1. The zero-order valence-electron chi connectivity index (χ0n) is 7.20. The lowest BCUT2D eigenvalue weighted by atomic mass is 10.2. The Morgan fingerprint density at radius 1 is 1.69 bits per heavy atom. The van der Waals surface area contributed by atoms with E-state index in [2.05, 4.69) is 9.97 Å². The smallest absolute Gasteiger partial charge is 0.259 e. The van der Waals surface area contributed by atoms with Crippen molar-refractivity contribution < 1.29 is 9.84 Å². The molecule has 1 heterocycles. The van der Waals surface area contributed by atoms with Crippen molar-refractivity contribution in [2.75, 3.05) is 19.5 Å². The van der Waals surface area contributed by atoms with Gasteiger partial charge >= 0.3 is 0 Å². The van der Waals surface area contributed by atoms with Crippen molar-refractivity contribution >= 4 is 5.95 Å². The van der Waals surface area contributed by atoms with Crippen LogP contribution in [0.5, 0.6) is 5.88 Å². The number of ether oxygens (including phenoxy) is 1. The highest BCUT2D eigenvalue weighted by Crippen LogP contribution is 2.09. The lowest BCUT2D eigenvalue weighted by Gasteiger charge is -2.02. The van der Waals surface area contributed by atoms with E-state index in [-0.39, 0.29) is 17.4 Å². The topological polar surface area (TPSA) is 101 Å². The molecule has 1 aromatic rings. The van der Waals surface area contributed by atoms with Gasteiger partial charge in [-0.15, -0.1) is 0 Å². The number of H-pyrrole nitrogens is 1. The second-order valence-corrected chi connectivity index (χ2v) is 2.50. The summed E-state index contributed by atoms with van der Waals surface area (Å²) < 4.78 is 4.76. The highest BCUT2D eigenvalue weighted by atomic mass is 16.5. The number of rotatable bonds is 3. The van der Waals surface area contributed by atoms with Crippen molar-refractivity contribution in [2.24, 2.45) is 0 Å². The summed E-state index contributed by atoms with van der Waals surface area (Å²) in [7, 11) is 1.51. The average molecular weight is 185 g/mol. The lowest BCUT2D eigenvalue weighted by molar-refractivity contribution is 0.201. The van der Waals surface area contributed by atoms with E-state index in [0.29, 0.717) is 13.0 Å². The molecule has 0 unspecified atom stereocenters. The van der Waals surface area contributed by atoms with Crippen LogP contribution in [0.1, 0.15) is 5.56 Å². The lowest BCUT2D eigenvalue weighted by Crippen LogP contribution is -2.17. The molecule has 0 atom stereocenters. The predicted octanol–water partition coefficient (Wildman–Crippen LogP) is -0.753. The number of anilines is 1. The van der Waals surface area contributed by atoms with Gasteiger partial charge in [-0.25, -0.2) is 0 Å². The highest BCUT2D eigenvalue weighted by Gasteiger charge is 2.08. The summed E-state index contributed by atoms with van der Waals surface area (Å²) in [6, 6.07) is 0. The van der Waals surface area contributed by atoms with Crippen LogP contribution in [-0.2, 0) is 11.2 Å². The van der Waals surface area contributed by atoms with Crippen molar-refractivity contribution in [1.29, 1.82) is 0 Å². The van der Waals surface area contributed by atoms with Crippen LogP contribution < -0.4 is 11.3 Å². The minimum atomic E-state index is -0.429. The Morgan fingerprint density at radius 3 is 2.92 bits per heavy atom. The minimum absolute atomic E-state index is 0.0938.